The van der Waals surface area contributed by atoms with E-state index in [1.165, 1.54) is 12.8 Å². The predicted octanol–water partition coefficient (Wildman–Crippen LogP) is 2.19. The van der Waals surface area contributed by atoms with Crippen LogP contribution < -0.4 is 5.32 Å². The van der Waals surface area contributed by atoms with Crippen molar-refractivity contribution in [3.05, 3.63) is 35.7 Å². The molecule has 2 aromatic rings. The zero-order chi connectivity index (χ0) is 16.7. The van der Waals surface area contributed by atoms with Gasteiger partial charge in [-0.25, -0.2) is 9.78 Å². The second kappa shape index (κ2) is 5.96. The van der Waals surface area contributed by atoms with E-state index in [2.05, 4.69) is 37.6 Å². The highest BCUT2D eigenvalue weighted by Gasteiger charge is 2.29. The summed E-state index contributed by atoms with van der Waals surface area (Å²) in [5, 5.41) is 7.60. The first-order chi connectivity index (χ1) is 11.6. The maximum atomic E-state index is 12.5. The van der Waals surface area contributed by atoms with E-state index in [0.717, 1.165) is 36.6 Å². The molecule has 7 nitrogen and oxygen atoms in total. The number of carbonyl (C=O) groups excluding carboxylic acids is 1. The number of likely N-dealkylation sites (tertiary alicyclic amines) is 1. The van der Waals surface area contributed by atoms with Gasteiger partial charge in [0.15, 0.2) is 0 Å². The summed E-state index contributed by atoms with van der Waals surface area (Å²) < 4.78 is 4.24. The summed E-state index contributed by atoms with van der Waals surface area (Å²) in [7, 11) is 0. The van der Waals surface area contributed by atoms with Crippen LogP contribution in [-0.4, -0.2) is 43.4 Å². The van der Waals surface area contributed by atoms with Crippen molar-refractivity contribution in [3.63, 3.8) is 0 Å². The maximum Gasteiger partial charge on any atom is 0.317 e. The highest BCUT2D eigenvalue weighted by atomic mass is 16.2. The Morgan fingerprint density at radius 1 is 1.29 bits per heavy atom. The summed E-state index contributed by atoms with van der Waals surface area (Å²) in [6.07, 6.45) is 7.10. The molecule has 0 spiro atoms. The van der Waals surface area contributed by atoms with Gasteiger partial charge in [-0.3, -0.25) is 4.68 Å². The Hall–Kier alpha value is -2.31. The Bertz CT molecular complexity index is 744. The van der Waals surface area contributed by atoms with Crippen LogP contribution in [0, 0.1) is 13.8 Å². The van der Waals surface area contributed by atoms with Crippen molar-refractivity contribution in [3.8, 4) is 0 Å². The van der Waals surface area contributed by atoms with Crippen LogP contribution in [0.1, 0.15) is 48.4 Å². The molecular formula is C17H24N6O. The van der Waals surface area contributed by atoms with E-state index in [0.29, 0.717) is 12.6 Å². The molecule has 1 atom stereocenters. The largest absolute Gasteiger partial charge is 0.332 e. The molecule has 1 N–H and O–H groups in total. The second-order valence-corrected chi connectivity index (χ2v) is 6.94. The van der Waals surface area contributed by atoms with E-state index in [1.807, 2.05) is 24.3 Å². The Morgan fingerprint density at radius 2 is 2.12 bits per heavy atom. The SMILES string of the molecule is Cc1cc(C)n([C@H]2CCN(C(=O)NCc3cncn3C3CC3)C2)n1. The molecule has 0 bridgehead atoms. The van der Waals surface area contributed by atoms with Gasteiger partial charge in [0.2, 0.25) is 0 Å². The topological polar surface area (TPSA) is 68.0 Å². The van der Waals surface area contributed by atoms with Crippen LogP contribution in [-0.2, 0) is 6.54 Å². The van der Waals surface area contributed by atoms with Gasteiger partial charge >= 0.3 is 6.03 Å². The van der Waals surface area contributed by atoms with Gasteiger partial charge in [-0.1, -0.05) is 0 Å². The molecule has 0 aromatic carbocycles. The molecule has 0 unspecified atom stereocenters. The third kappa shape index (κ3) is 2.90. The fourth-order valence-electron chi connectivity index (χ4n) is 3.57. The first-order valence-corrected chi connectivity index (χ1v) is 8.68. The molecule has 0 radical (unpaired) electrons. The number of carbonyl (C=O) groups is 1. The third-order valence-corrected chi connectivity index (χ3v) is 4.95. The van der Waals surface area contributed by atoms with Crippen LogP contribution in [0.3, 0.4) is 0 Å². The number of nitrogens with one attached hydrogen (secondary N) is 1. The number of imidazole rings is 1. The molecular weight excluding hydrogens is 304 g/mol. The van der Waals surface area contributed by atoms with Gasteiger partial charge in [0.05, 0.1) is 30.3 Å². The molecule has 1 saturated heterocycles. The van der Waals surface area contributed by atoms with Crippen LogP contribution in [0.15, 0.2) is 18.6 Å². The highest BCUT2D eigenvalue weighted by Crippen LogP contribution is 2.35. The number of hydrogen-bond acceptors (Lipinski definition) is 3. The van der Waals surface area contributed by atoms with Gasteiger partial charge in [0.1, 0.15) is 0 Å². The molecule has 4 rings (SSSR count). The fraction of sp³-hybridized carbons (Fsp3) is 0.588. The zero-order valence-corrected chi connectivity index (χ0v) is 14.3. The van der Waals surface area contributed by atoms with Gasteiger partial charge in [0.25, 0.3) is 0 Å². The molecule has 2 amide bonds. The lowest BCUT2D eigenvalue weighted by atomic mass is 10.2. The van der Waals surface area contributed by atoms with Crippen LogP contribution in [0.25, 0.3) is 0 Å². The number of aryl methyl sites for hydroxylation is 2. The van der Waals surface area contributed by atoms with E-state index < -0.39 is 0 Å². The molecule has 24 heavy (non-hydrogen) atoms. The lowest BCUT2D eigenvalue weighted by Gasteiger charge is -2.18. The number of urea groups is 1. The Balaban J connectivity index is 1.34. The normalized spacial score (nSPS) is 20.6. The standard InChI is InChI=1S/C17H24N6O/c1-12-7-13(2)23(20-12)15-5-6-21(10-15)17(24)19-9-16-8-18-11-22(16)14-3-4-14/h7-8,11,14-15H,3-6,9-10H2,1-2H3,(H,19,24)/t15-/m0/s1. The minimum absolute atomic E-state index is 0.00239. The maximum absolute atomic E-state index is 12.5. The van der Waals surface area contributed by atoms with Crippen LogP contribution in [0.4, 0.5) is 4.79 Å². The van der Waals surface area contributed by atoms with Crippen molar-refractivity contribution < 1.29 is 4.79 Å². The quantitative estimate of drug-likeness (QED) is 0.935. The summed E-state index contributed by atoms with van der Waals surface area (Å²) in [4.78, 5) is 18.6. The minimum atomic E-state index is 0.00239. The molecule has 1 saturated carbocycles. The Kier molecular flexibility index (Phi) is 3.78. The minimum Gasteiger partial charge on any atom is -0.332 e. The Labute approximate surface area is 141 Å². The molecule has 1 aliphatic carbocycles. The van der Waals surface area contributed by atoms with Gasteiger partial charge < -0.3 is 14.8 Å². The zero-order valence-electron chi connectivity index (χ0n) is 14.3. The summed E-state index contributed by atoms with van der Waals surface area (Å²) in [6, 6.07) is 2.95. The second-order valence-electron chi connectivity index (χ2n) is 6.94. The third-order valence-electron chi connectivity index (χ3n) is 4.95. The number of aromatic nitrogens is 4. The van der Waals surface area contributed by atoms with Crippen molar-refractivity contribution in [1.82, 2.24) is 29.5 Å². The molecule has 128 valence electrons. The average molecular weight is 328 g/mol. The lowest BCUT2D eigenvalue weighted by Crippen LogP contribution is -2.38. The fourth-order valence-corrected chi connectivity index (χ4v) is 3.57. The van der Waals surface area contributed by atoms with E-state index in [1.54, 1.807) is 0 Å². The predicted molar refractivity (Wildman–Crippen MR) is 89.7 cm³/mol. The lowest BCUT2D eigenvalue weighted by molar-refractivity contribution is 0.206. The van der Waals surface area contributed by atoms with Crippen molar-refractivity contribution in [1.29, 1.82) is 0 Å². The van der Waals surface area contributed by atoms with Gasteiger partial charge in [-0.2, -0.15) is 5.10 Å². The van der Waals surface area contributed by atoms with E-state index >= 15 is 0 Å². The van der Waals surface area contributed by atoms with Crippen molar-refractivity contribution in [2.75, 3.05) is 13.1 Å². The molecule has 3 heterocycles. The van der Waals surface area contributed by atoms with Gasteiger partial charge in [-0.15, -0.1) is 0 Å². The molecule has 1 aliphatic heterocycles. The number of rotatable bonds is 4. The summed E-state index contributed by atoms with van der Waals surface area (Å²) in [6.45, 7) is 6.11. The smallest absolute Gasteiger partial charge is 0.317 e. The molecule has 2 aliphatic rings. The van der Waals surface area contributed by atoms with Crippen molar-refractivity contribution in [2.45, 2.75) is 51.7 Å². The van der Waals surface area contributed by atoms with Gasteiger partial charge in [-0.05, 0) is 39.2 Å². The first kappa shape index (κ1) is 15.2. The molecule has 2 fully saturated rings. The van der Waals surface area contributed by atoms with E-state index in [-0.39, 0.29) is 12.1 Å². The monoisotopic (exact) mass is 328 g/mol. The van der Waals surface area contributed by atoms with E-state index in [9.17, 15) is 4.79 Å². The molecule has 7 heteroatoms. The number of amides is 2. The van der Waals surface area contributed by atoms with Crippen molar-refractivity contribution >= 4 is 6.03 Å². The highest BCUT2D eigenvalue weighted by molar-refractivity contribution is 5.74. The number of hydrogen-bond donors (Lipinski definition) is 1. The van der Waals surface area contributed by atoms with Gasteiger partial charge in [0, 0.05) is 31.0 Å². The van der Waals surface area contributed by atoms with Crippen LogP contribution in [0.5, 0.6) is 0 Å². The van der Waals surface area contributed by atoms with Crippen molar-refractivity contribution in [2.24, 2.45) is 0 Å². The van der Waals surface area contributed by atoms with Crippen LogP contribution in [0.2, 0.25) is 0 Å². The van der Waals surface area contributed by atoms with Crippen LogP contribution >= 0.6 is 0 Å². The first-order valence-electron chi connectivity index (χ1n) is 8.68. The van der Waals surface area contributed by atoms with E-state index in [4.69, 9.17) is 0 Å². The summed E-state index contributed by atoms with van der Waals surface area (Å²) >= 11 is 0. The number of nitrogens with zero attached hydrogens (tertiary/aromatic N) is 5. The summed E-state index contributed by atoms with van der Waals surface area (Å²) in [5.41, 5.74) is 3.27. The Morgan fingerprint density at radius 3 is 2.83 bits per heavy atom. The molecule has 2 aromatic heterocycles. The summed E-state index contributed by atoms with van der Waals surface area (Å²) in [5.74, 6) is 0. The average Bonchev–Trinajstić information content (AvgIpc) is 2.98.